The van der Waals surface area contributed by atoms with Crippen molar-refractivity contribution in [2.24, 2.45) is 0 Å². The highest BCUT2D eigenvalue weighted by Crippen LogP contribution is 2.26. The average molecular weight is 447 g/mol. The Morgan fingerprint density at radius 2 is 1.31 bits per heavy atom. The molecule has 0 heterocycles. The van der Waals surface area contributed by atoms with Gasteiger partial charge in [0.05, 0.1) is 13.7 Å². The number of carbonyl (C=O) groups excluding carboxylic acids is 1. The molecule has 0 fully saturated rings. The molecule has 0 radical (unpaired) electrons. The van der Waals surface area contributed by atoms with E-state index in [2.05, 4.69) is 6.92 Å². The highest BCUT2D eigenvalue weighted by Gasteiger charge is 2.02. The smallest absolute Gasteiger partial charge is 0.330 e. The first-order chi connectivity index (χ1) is 15.7. The van der Waals surface area contributed by atoms with E-state index in [0.717, 1.165) is 18.4 Å². The van der Waals surface area contributed by atoms with Crippen LogP contribution in [0.25, 0.3) is 6.08 Å². The third-order valence-corrected chi connectivity index (χ3v) is 5.86. The van der Waals surface area contributed by atoms with Gasteiger partial charge in [-0.2, -0.15) is 0 Å². The van der Waals surface area contributed by atoms with Crippen molar-refractivity contribution in [3.63, 3.8) is 0 Å². The number of unbranched alkanes of at least 4 members (excludes halogenated alkanes) is 15. The molecule has 0 unspecified atom stereocenters. The molecular formula is C28H46O4. The number of benzene rings is 1. The fourth-order valence-corrected chi connectivity index (χ4v) is 3.83. The molecule has 32 heavy (non-hydrogen) atoms. The fraction of sp³-hybridized carbons (Fsp3) is 0.679. The van der Waals surface area contributed by atoms with Crippen LogP contribution in [0.3, 0.4) is 0 Å². The highest BCUT2D eigenvalue weighted by molar-refractivity contribution is 5.87. The van der Waals surface area contributed by atoms with Crippen LogP contribution in [0.4, 0.5) is 0 Å². The van der Waals surface area contributed by atoms with E-state index in [4.69, 9.17) is 9.47 Å². The van der Waals surface area contributed by atoms with Crippen LogP contribution in [0.15, 0.2) is 24.3 Å². The number of hydrogen-bond donors (Lipinski definition) is 1. The summed E-state index contributed by atoms with van der Waals surface area (Å²) in [6.45, 7) is 2.75. The van der Waals surface area contributed by atoms with Crippen LogP contribution in [-0.4, -0.2) is 24.8 Å². The molecule has 0 aliphatic carbocycles. The molecule has 0 amide bonds. The Labute approximate surface area is 196 Å². The number of hydrogen-bond acceptors (Lipinski definition) is 4. The molecule has 4 nitrogen and oxygen atoms in total. The standard InChI is InChI=1S/C28H46O4/c1-3-4-5-6-7-8-9-10-11-12-13-14-15-16-17-18-23-32-28(30)22-20-25-19-21-26(29)27(24-25)31-2/h19-22,24,29H,3-18,23H2,1-2H3/b22-20+. The van der Waals surface area contributed by atoms with Gasteiger partial charge in [-0.1, -0.05) is 109 Å². The summed E-state index contributed by atoms with van der Waals surface area (Å²) in [5, 5.41) is 9.59. The first-order valence-corrected chi connectivity index (χ1v) is 12.9. The lowest BCUT2D eigenvalue weighted by Crippen LogP contribution is -2.02. The van der Waals surface area contributed by atoms with Crippen molar-refractivity contribution in [2.45, 2.75) is 110 Å². The van der Waals surface area contributed by atoms with Crippen molar-refractivity contribution >= 4 is 12.0 Å². The highest BCUT2D eigenvalue weighted by atomic mass is 16.5. The van der Waals surface area contributed by atoms with Gasteiger partial charge in [0, 0.05) is 6.08 Å². The molecule has 0 spiro atoms. The van der Waals surface area contributed by atoms with Crippen molar-refractivity contribution in [3.05, 3.63) is 29.8 Å². The normalized spacial score (nSPS) is 11.2. The van der Waals surface area contributed by atoms with Crippen LogP contribution >= 0.6 is 0 Å². The summed E-state index contributed by atoms with van der Waals surface area (Å²) in [4.78, 5) is 11.8. The molecule has 1 aromatic rings. The third kappa shape index (κ3) is 14.9. The maximum atomic E-state index is 11.8. The topological polar surface area (TPSA) is 55.8 Å². The first kappa shape index (κ1) is 28.1. The van der Waals surface area contributed by atoms with Crippen molar-refractivity contribution < 1.29 is 19.4 Å². The van der Waals surface area contributed by atoms with E-state index >= 15 is 0 Å². The van der Waals surface area contributed by atoms with Gasteiger partial charge in [0.25, 0.3) is 0 Å². The number of methoxy groups -OCH3 is 1. The Balaban J connectivity index is 1.89. The maximum Gasteiger partial charge on any atom is 0.330 e. The van der Waals surface area contributed by atoms with Gasteiger partial charge >= 0.3 is 5.97 Å². The number of esters is 1. The second-order valence-corrected chi connectivity index (χ2v) is 8.74. The van der Waals surface area contributed by atoms with Crippen LogP contribution in [0.5, 0.6) is 11.5 Å². The van der Waals surface area contributed by atoms with E-state index in [-0.39, 0.29) is 11.7 Å². The molecule has 0 bridgehead atoms. The SMILES string of the molecule is CCCCCCCCCCCCCCCCCCOC(=O)/C=C/c1ccc(O)c(OC)c1. The van der Waals surface area contributed by atoms with Gasteiger partial charge in [0.2, 0.25) is 0 Å². The molecule has 0 atom stereocenters. The van der Waals surface area contributed by atoms with E-state index in [1.165, 1.54) is 103 Å². The molecule has 0 aromatic heterocycles. The Hall–Kier alpha value is -1.97. The zero-order valence-electron chi connectivity index (χ0n) is 20.6. The summed E-state index contributed by atoms with van der Waals surface area (Å²) in [6.07, 6.45) is 24.4. The van der Waals surface area contributed by atoms with E-state index in [1.54, 1.807) is 24.3 Å². The number of carbonyl (C=O) groups is 1. The first-order valence-electron chi connectivity index (χ1n) is 12.9. The molecule has 0 aliphatic rings. The maximum absolute atomic E-state index is 11.8. The molecular weight excluding hydrogens is 400 g/mol. The van der Waals surface area contributed by atoms with Gasteiger partial charge in [-0.3, -0.25) is 0 Å². The number of ether oxygens (including phenoxy) is 2. The Kier molecular flexibility index (Phi) is 17.3. The van der Waals surface area contributed by atoms with Crippen LogP contribution < -0.4 is 4.74 Å². The van der Waals surface area contributed by atoms with Gasteiger partial charge < -0.3 is 14.6 Å². The van der Waals surface area contributed by atoms with Crippen molar-refractivity contribution in [1.82, 2.24) is 0 Å². The molecule has 0 saturated heterocycles. The lowest BCUT2D eigenvalue weighted by atomic mass is 10.0. The monoisotopic (exact) mass is 446 g/mol. The molecule has 1 rings (SSSR count). The third-order valence-electron chi connectivity index (χ3n) is 5.86. The quantitative estimate of drug-likeness (QED) is 0.124. The summed E-state index contributed by atoms with van der Waals surface area (Å²) < 4.78 is 10.3. The minimum Gasteiger partial charge on any atom is -0.504 e. The predicted molar refractivity (Wildman–Crippen MR) is 134 cm³/mol. The molecule has 0 saturated carbocycles. The fourth-order valence-electron chi connectivity index (χ4n) is 3.83. The Bertz CT molecular complexity index is 624. The summed E-state index contributed by atoms with van der Waals surface area (Å²) in [5.41, 5.74) is 0.777. The molecule has 0 aliphatic heterocycles. The second-order valence-electron chi connectivity index (χ2n) is 8.74. The Morgan fingerprint density at radius 1 is 0.812 bits per heavy atom. The minimum atomic E-state index is -0.335. The predicted octanol–water partition coefficient (Wildman–Crippen LogP) is 8.22. The number of aromatic hydroxyl groups is 1. The van der Waals surface area contributed by atoms with Crippen LogP contribution in [-0.2, 0) is 9.53 Å². The van der Waals surface area contributed by atoms with Gasteiger partial charge in [-0.15, -0.1) is 0 Å². The zero-order chi connectivity index (χ0) is 23.3. The summed E-state index contributed by atoms with van der Waals surface area (Å²) in [6, 6.07) is 4.94. The number of phenolic OH excluding ortho intramolecular Hbond substituents is 1. The van der Waals surface area contributed by atoms with E-state index in [9.17, 15) is 9.90 Å². The van der Waals surface area contributed by atoms with Crippen molar-refractivity contribution in [1.29, 1.82) is 0 Å². The molecule has 1 N–H and O–H groups in total. The van der Waals surface area contributed by atoms with E-state index in [1.807, 2.05) is 0 Å². The van der Waals surface area contributed by atoms with Crippen molar-refractivity contribution in [3.8, 4) is 11.5 Å². The van der Waals surface area contributed by atoms with Crippen LogP contribution in [0.1, 0.15) is 115 Å². The zero-order valence-corrected chi connectivity index (χ0v) is 20.6. The van der Waals surface area contributed by atoms with Gasteiger partial charge in [0.1, 0.15) is 0 Å². The lowest BCUT2D eigenvalue weighted by molar-refractivity contribution is -0.137. The van der Waals surface area contributed by atoms with Gasteiger partial charge in [-0.05, 0) is 30.2 Å². The van der Waals surface area contributed by atoms with Crippen molar-refractivity contribution in [2.75, 3.05) is 13.7 Å². The summed E-state index contributed by atoms with van der Waals surface area (Å²) in [7, 11) is 1.49. The molecule has 182 valence electrons. The number of rotatable bonds is 20. The molecule has 1 aromatic carbocycles. The largest absolute Gasteiger partial charge is 0.504 e. The van der Waals surface area contributed by atoms with Gasteiger partial charge in [0.15, 0.2) is 11.5 Å². The molecule has 4 heteroatoms. The van der Waals surface area contributed by atoms with Gasteiger partial charge in [-0.25, -0.2) is 4.79 Å². The average Bonchev–Trinajstić information content (AvgIpc) is 2.80. The Morgan fingerprint density at radius 3 is 1.81 bits per heavy atom. The second kappa shape index (κ2) is 19.7. The van der Waals surface area contributed by atoms with Crippen LogP contribution in [0, 0.1) is 0 Å². The number of phenols is 1. The van der Waals surface area contributed by atoms with E-state index in [0.29, 0.717) is 12.4 Å². The van der Waals surface area contributed by atoms with Crippen LogP contribution in [0.2, 0.25) is 0 Å². The summed E-state index contributed by atoms with van der Waals surface area (Å²) >= 11 is 0. The lowest BCUT2D eigenvalue weighted by Gasteiger charge is -2.04. The summed E-state index contributed by atoms with van der Waals surface area (Å²) in [5.74, 6) is 0.127. The minimum absolute atomic E-state index is 0.0794. The van der Waals surface area contributed by atoms with E-state index < -0.39 is 0 Å².